The van der Waals surface area contributed by atoms with Crippen molar-refractivity contribution in [2.24, 2.45) is 0 Å². The van der Waals surface area contributed by atoms with Crippen LogP contribution in [0, 0.1) is 0 Å². The molecular weight excluding hydrogens is 412 g/mol. The van der Waals surface area contributed by atoms with Crippen molar-refractivity contribution < 1.29 is 19.0 Å². The number of carbonyl (C=O) groups excluding carboxylic acids is 1. The maximum Gasteiger partial charge on any atom is 0.248 e. The van der Waals surface area contributed by atoms with E-state index in [-0.39, 0.29) is 5.91 Å². The van der Waals surface area contributed by atoms with E-state index in [4.69, 9.17) is 14.2 Å². The Morgan fingerprint density at radius 2 is 2.03 bits per heavy atom. The van der Waals surface area contributed by atoms with Crippen LogP contribution in [-0.4, -0.2) is 31.2 Å². The summed E-state index contributed by atoms with van der Waals surface area (Å²) in [6, 6.07) is 15.4. The summed E-state index contributed by atoms with van der Waals surface area (Å²) in [4.78, 5) is 17.6. The smallest absolute Gasteiger partial charge is 0.248 e. The van der Waals surface area contributed by atoms with E-state index >= 15 is 0 Å². The molecule has 0 atom stereocenters. The van der Waals surface area contributed by atoms with E-state index in [0.29, 0.717) is 30.5 Å². The number of methoxy groups -OCH3 is 1. The summed E-state index contributed by atoms with van der Waals surface area (Å²) >= 11 is 1.72. The highest BCUT2D eigenvalue weighted by Crippen LogP contribution is 2.40. The van der Waals surface area contributed by atoms with Gasteiger partial charge in [-0.05, 0) is 59.7 Å². The third-order valence-corrected chi connectivity index (χ3v) is 5.61. The molecule has 31 heavy (non-hydrogen) atoms. The quantitative estimate of drug-likeness (QED) is 0.425. The van der Waals surface area contributed by atoms with Crippen molar-refractivity contribution in [3.05, 3.63) is 78.1 Å². The molecule has 0 radical (unpaired) electrons. The molecule has 0 aliphatic carbocycles. The second-order valence-electron chi connectivity index (χ2n) is 6.74. The van der Waals surface area contributed by atoms with E-state index in [0.717, 1.165) is 21.9 Å². The van der Waals surface area contributed by atoms with Crippen LogP contribution in [0.15, 0.2) is 71.9 Å². The molecule has 6 nitrogen and oxygen atoms in total. The van der Waals surface area contributed by atoms with Crippen LogP contribution in [0.25, 0.3) is 6.08 Å². The van der Waals surface area contributed by atoms with Crippen molar-refractivity contribution in [1.29, 1.82) is 0 Å². The first-order valence-corrected chi connectivity index (χ1v) is 10.8. The number of carbonyl (C=O) groups is 1. The van der Waals surface area contributed by atoms with Crippen molar-refractivity contribution in [3.8, 4) is 17.2 Å². The summed E-state index contributed by atoms with van der Waals surface area (Å²) < 4.78 is 16.6. The number of hydrogen-bond acceptors (Lipinski definition) is 6. The van der Waals surface area contributed by atoms with Gasteiger partial charge in [0.2, 0.25) is 11.7 Å². The molecule has 0 fully saturated rings. The third-order valence-electron chi connectivity index (χ3n) is 4.53. The van der Waals surface area contributed by atoms with Gasteiger partial charge in [0.25, 0.3) is 0 Å². The number of nitrogens with zero attached hydrogens (tertiary/aromatic N) is 1. The molecule has 0 saturated heterocycles. The Morgan fingerprint density at radius 3 is 2.81 bits per heavy atom. The monoisotopic (exact) mass is 434 g/mol. The van der Waals surface area contributed by atoms with E-state index < -0.39 is 0 Å². The van der Waals surface area contributed by atoms with E-state index in [9.17, 15) is 4.79 Å². The molecule has 7 heteroatoms. The van der Waals surface area contributed by atoms with Crippen LogP contribution in [-0.2, 0) is 10.5 Å². The zero-order valence-electron chi connectivity index (χ0n) is 17.0. The molecule has 1 N–H and O–H groups in total. The Balaban J connectivity index is 1.35. The second kappa shape index (κ2) is 10.0. The van der Waals surface area contributed by atoms with Crippen molar-refractivity contribution in [2.75, 3.05) is 25.6 Å². The number of amides is 1. The Kier molecular flexibility index (Phi) is 6.74. The van der Waals surface area contributed by atoms with Crippen molar-refractivity contribution >= 4 is 29.4 Å². The van der Waals surface area contributed by atoms with Crippen LogP contribution in [0.1, 0.15) is 11.1 Å². The van der Waals surface area contributed by atoms with E-state index in [1.165, 1.54) is 11.6 Å². The fraction of sp³-hybridized carbons (Fsp3) is 0.167. The standard InChI is InChI=1S/C24H22N2O4S/c1-28-21-13-17(14-22-24(21)30-12-11-29-22)4-9-23(27)26-19-5-7-20(8-6-19)31-16-18-3-2-10-25-15-18/h2-10,13-15H,11-12,16H2,1H3,(H,26,27)/b9-4+. The lowest BCUT2D eigenvalue weighted by molar-refractivity contribution is -0.111. The molecule has 1 aliphatic heterocycles. The average molecular weight is 435 g/mol. The summed E-state index contributed by atoms with van der Waals surface area (Å²) in [6.45, 7) is 0.974. The third kappa shape index (κ3) is 5.58. The lowest BCUT2D eigenvalue weighted by atomic mass is 10.1. The molecule has 2 heterocycles. The molecule has 0 saturated carbocycles. The van der Waals surface area contributed by atoms with Crippen molar-refractivity contribution in [2.45, 2.75) is 10.6 Å². The fourth-order valence-corrected chi connectivity index (χ4v) is 3.86. The van der Waals surface area contributed by atoms with Crippen LogP contribution < -0.4 is 19.5 Å². The highest BCUT2D eigenvalue weighted by molar-refractivity contribution is 7.98. The van der Waals surface area contributed by atoms with Gasteiger partial charge in [-0.2, -0.15) is 0 Å². The van der Waals surface area contributed by atoms with Gasteiger partial charge < -0.3 is 19.5 Å². The first-order valence-electron chi connectivity index (χ1n) is 9.80. The SMILES string of the molecule is COc1cc(/C=C/C(=O)Nc2ccc(SCc3cccnc3)cc2)cc2c1OCCO2. The van der Waals surface area contributed by atoms with Gasteiger partial charge >= 0.3 is 0 Å². The lowest BCUT2D eigenvalue weighted by Crippen LogP contribution is -2.16. The predicted molar refractivity (Wildman–Crippen MR) is 122 cm³/mol. The van der Waals surface area contributed by atoms with Crippen LogP contribution in [0.2, 0.25) is 0 Å². The largest absolute Gasteiger partial charge is 0.493 e. The number of benzene rings is 2. The topological polar surface area (TPSA) is 69.7 Å². The van der Waals surface area contributed by atoms with E-state index in [1.54, 1.807) is 31.1 Å². The number of nitrogens with one attached hydrogen (secondary N) is 1. The zero-order valence-corrected chi connectivity index (χ0v) is 17.9. The van der Waals surface area contributed by atoms with Gasteiger partial charge in [-0.25, -0.2) is 0 Å². The zero-order chi connectivity index (χ0) is 21.5. The highest BCUT2D eigenvalue weighted by Gasteiger charge is 2.17. The number of anilines is 1. The summed E-state index contributed by atoms with van der Waals surface area (Å²) in [5, 5.41) is 2.87. The van der Waals surface area contributed by atoms with Crippen LogP contribution in [0.4, 0.5) is 5.69 Å². The van der Waals surface area contributed by atoms with E-state index in [1.807, 2.05) is 48.7 Å². The molecule has 0 spiro atoms. The lowest BCUT2D eigenvalue weighted by Gasteiger charge is -2.20. The normalized spacial score (nSPS) is 12.5. The second-order valence-corrected chi connectivity index (χ2v) is 7.79. The molecule has 1 aromatic heterocycles. The Labute approximate surface area is 185 Å². The van der Waals surface area contributed by atoms with E-state index in [2.05, 4.69) is 16.4 Å². The summed E-state index contributed by atoms with van der Waals surface area (Å²) in [6.07, 6.45) is 6.83. The van der Waals surface area contributed by atoms with Gasteiger partial charge in [-0.1, -0.05) is 6.07 Å². The van der Waals surface area contributed by atoms with Crippen LogP contribution in [0.3, 0.4) is 0 Å². The Bertz CT molecular complexity index is 1050. The van der Waals surface area contributed by atoms with Crippen molar-refractivity contribution in [3.63, 3.8) is 0 Å². The minimum atomic E-state index is -0.218. The molecule has 1 aliphatic rings. The molecule has 4 rings (SSSR count). The number of hydrogen-bond donors (Lipinski definition) is 1. The van der Waals surface area contributed by atoms with Crippen LogP contribution >= 0.6 is 11.8 Å². The maximum atomic E-state index is 12.3. The van der Waals surface area contributed by atoms with Gasteiger partial charge in [0, 0.05) is 34.8 Å². The molecule has 3 aromatic rings. The molecule has 158 valence electrons. The summed E-state index contributed by atoms with van der Waals surface area (Å²) in [5.41, 5.74) is 2.70. The van der Waals surface area contributed by atoms with Crippen molar-refractivity contribution in [1.82, 2.24) is 4.98 Å². The number of thioether (sulfide) groups is 1. The van der Waals surface area contributed by atoms with Gasteiger partial charge in [0.15, 0.2) is 11.5 Å². The minimum absolute atomic E-state index is 0.218. The molecule has 0 bridgehead atoms. The average Bonchev–Trinajstić information content (AvgIpc) is 2.82. The fourth-order valence-electron chi connectivity index (χ4n) is 3.03. The first kappa shape index (κ1) is 20.8. The number of rotatable bonds is 7. The Hall–Kier alpha value is -3.45. The molecular formula is C24H22N2O4S. The molecule has 0 unspecified atom stereocenters. The predicted octanol–water partition coefficient (Wildman–Crippen LogP) is 4.81. The van der Waals surface area contributed by atoms with Gasteiger partial charge in [-0.3, -0.25) is 9.78 Å². The molecule has 1 amide bonds. The first-order chi connectivity index (χ1) is 15.2. The summed E-state index contributed by atoms with van der Waals surface area (Å²) in [7, 11) is 1.58. The number of fused-ring (bicyclic) bond motifs is 1. The molecule has 2 aromatic carbocycles. The maximum absolute atomic E-state index is 12.3. The number of ether oxygens (including phenoxy) is 3. The summed E-state index contributed by atoms with van der Waals surface area (Å²) in [5.74, 6) is 2.42. The van der Waals surface area contributed by atoms with Gasteiger partial charge in [0.1, 0.15) is 13.2 Å². The van der Waals surface area contributed by atoms with Gasteiger partial charge in [0.05, 0.1) is 7.11 Å². The number of pyridine rings is 1. The number of aromatic nitrogens is 1. The minimum Gasteiger partial charge on any atom is -0.493 e. The van der Waals surface area contributed by atoms with Crippen LogP contribution in [0.5, 0.6) is 17.2 Å². The van der Waals surface area contributed by atoms with Gasteiger partial charge in [-0.15, -0.1) is 11.8 Å². The highest BCUT2D eigenvalue weighted by atomic mass is 32.2. The Morgan fingerprint density at radius 1 is 1.19 bits per heavy atom.